The second-order valence-electron chi connectivity index (χ2n) is 8.39. The summed E-state index contributed by atoms with van der Waals surface area (Å²) in [4.78, 5) is 22.6. The number of methoxy groups -OCH3 is 1. The van der Waals surface area contributed by atoms with Gasteiger partial charge in [0.2, 0.25) is 6.29 Å². The Kier molecular flexibility index (Phi) is 7.20. The third-order valence-electron chi connectivity index (χ3n) is 6.00. The van der Waals surface area contributed by atoms with Crippen LogP contribution in [0.25, 0.3) is 22.1 Å². The van der Waals surface area contributed by atoms with Crippen molar-refractivity contribution in [2.75, 3.05) is 13.7 Å². The van der Waals surface area contributed by atoms with Crippen LogP contribution in [0.2, 0.25) is 0 Å². The van der Waals surface area contributed by atoms with Crippen molar-refractivity contribution in [1.82, 2.24) is 9.97 Å². The highest BCUT2D eigenvalue weighted by Crippen LogP contribution is 2.27. The fourth-order valence-corrected chi connectivity index (χ4v) is 3.97. The lowest BCUT2D eigenvalue weighted by Crippen LogP contribution is -2.58. The molecule has 0 amide bonds. The van der Waals surface area contributed by atoms with Crippen LogP contribution in [0.5, 0.6) is 0 Å². The smallest absolute Gasteiger partial charge is 0.342 e. The van der Waals surface area contributed by atoms with Gasteiger partial charge in [0.1, 0.15) is 23.8 Å². The molecule has 34 heavy (non-hydrogen) atoms. The first-order valence-corrected chi connectivity index (χ1v) is 11.0. The van der Waals surface area contributed by atoms with E-state index in [1.807, 2.05) is 31.2 Å². The third kappa shape index (κ3) is 4.66. The van der Waals surface area contributed by atoms with E-state index in [1.54, 1.807) is 25.1 Å². The van der Waals surface area contributed by atoms with Crippen LogP contribution in [0.3, 0.4) is 0 Å². The Morgan fingerprint density at radius 3 is 2.50 bits per heavy atom. The van der Waals surface area contributed by atoms with E-state index >= 15 is 0 Å². The molecule has 1 fully saturated rings. The topological polar surface area (TPSA) is 131 Å². The average Bonchev–Trinajstić information content (AvgIpc) is 2.84. The van der Waals surface area contributed by atoms with Gasteiger partial charge in [-0.1, -0.05) is 29.8 Å². The normalized spacial score (nSPS) is 25.6. The number of aliphatic hydroxyl groups excluding tert-OH is 3. The molecule has 0 aliphatic carbocycles. The zero-order chi connectivity index (χ0) is 24.4. The number of fused-ring (bicyclic) bond motifs is 2. The highest BCUT2D eigenvalue weighted by molar-refractivity contribution is 6.03. The summed E-state index contributed by atoms with van der Waals surface area (Å²) in [5.74, 6) is -0.712. The van der Waals surface area contributed by atoms with E-state index in [1.165, 1.54) is 7.11 Å². The van der Waals surface area contributed by atoms with Crippen molar-refractivity contribution < 1.29 is 34.3 Å². The number of aliphatic hydroxyl groups is 3. The molecule has 5 unspecified atom stereocenters. The Labute approximate surface area is 196 Å². The molecule has 9 heteroatoms. The Morgan fingerprint density at radius 1 is 1.09 bits per heavy atom. The number of allylic oxidation sites excluding steroid dienone is 1. The molecule has 5 atom stereocenters. The monoisotopic (exact) mass is 468 g/mol. The van der Waals surface area contributed by atoms with Gasteiger partial charge in [-0.3, -0.25) is 0 Å². The summed E-state index contributed by atoms with van der Waals surface area (Å²) in [6.07, 6.45) is -2.99. The standard InChI is InChI=1S/C25H28N2O7/c1-13(12-28)10-11-15-6-4-8-17-19(15)27-20-16(7-5-9-18(20)26-17)24(31)34-25-23(32-3)22(30)21(29)14(2)33-25/h4-10,14,21-23,25,28-30H,11-12H2,1-3H3. The number of nitrogens with zero attached hydrogens (tertiary/aromatic N) is 2. The molecular formula is C25H28N2O7. The number of benzene rings is 2. The van der Waals surface area contributed by atoms with Gasteiger partial charge in [-0.25, -0.2) is 14.8 Å². The SMILES string of the molecule is COC1C(OC(=O)c2cccc3nc4cccc(CC=C(C)CO)c4nc23)OC(C)C(O)C1O. The van der Waals surface area contributed by atoms with Crippen molar-refractivity contribution in [2.45, 2.75) is 51.0 Å². The number of aromatic nitrogens is 2. The predicted molar refractivity (Wildman–Crippen MR) is 124 cm³/mol. The number of rotatable bonds is 6. The summed E-state index contributed by atoms with van der Waals surface area (Å²) in [6.45, 7) is 3.40. The van der Waals surface area contributed by atoms with Gasteiger partial charge >= 0.3 is 5.97 Å². The van der Waals surface area contributed by atoms with Crippen molar-refractivity contribution in [3.63, 3.8) is 0 Å². The summed E-state index contributed by atoms with van der Waals surface area (Å²) in [5.41, 5.74) is 4.17. The van der Waals surface area contributed by atoms with E-state index in [0.717, 1.165) is 11.1 Å². The summed E-state index contributed by atoms with van der Waals surface area (Å²) in [5, 5.41) is 29.6. The second kappa shape index (κ2) is 10.1. The van der Waals surface area contributed by atoms with Crippen LogP contribution in [-0.2, 0) is 20.6 Å². The quantitative estimate of drug-likeness (QED) is 0.282. The van der Waals surface area contributed by atoms with Gasteiger partial charge in [0, 0.05) is 7.11 Å². The van der Waals surface area contributed by atoms with Crippen LogP contribution in [0.4, 0.5) is 0 Å². The zero-order valence-electron chi connectivity index (χ0n) is 19.2. The molecule has 1 saturated heterocycles. The highest BCUT2D eigenvalue weighted by Gasteiger charge is 2.45. The Balaban J connectivity index is 1.71. The largest absolute Gasteiger partial charge is 0.429 e. The number of ether oxygens (including phenoxy) is 3. The van der Waals surface area contributed by atoms with Crippen LogP contribution < -0.4 is 0 Å². The van der Waals surface area contributed by atoms with E-state index in [2.05, 4.69) is 4.98 Å². The van der Waals surface area contributed by atoms with Gasteiger partial charge in [-0.15, -0.1) is 0 Å². The molecule has 0 saturated carbocycles. The molecule has 9 nitrogen and oxygen atoms in total. The minimum Gasteiger partial charge on any atom is -0.429 e. The number of hydrogen-bond acceptors (Lipinski definition) is 9. The molecule has 1 aliphatic heterocycles. The fraction of sp³-hybridized carbons (Fsp3) is 0.400. The number of carbonyl (C=O) groups excluding carboxylic acids is 1. The molecule has 4 rings (SSSR count). The van der Waals surface area contributed by atoms with E-state index in [4.69, 9.17) is 19.2 Å². The maximum Gasteiger partial charge on any atom is 0.342 e. The first-order chi connectivity index (χ1) is 16.3. The molecule has 180 valence electrons. The van der Waals surface area contributed by atoms with Gasteiger partial charge in [-0.2, -0.15) is 0 Å². The third-order valence-corrected chi connectivity index (χ3v) is 6.00. The predicted octanol–water partition coefficient (Wildman–Crippen LogP) is 1.90. The molecule has 2 heterocycles. The number of para-hydroxylation sites is 2. The summed E-state index contributed by atoms with van der Waals surface area (Å²) < 4.78 is 16.4. The number of esters is 1. The first-order valence-electron chi connectivity index (χ1n) is 11.0. The Morgan fingerprint density at radius 2 is 1.79 bits per heavy atom. The molecule has 1 aromatic heterocycles. The molecule has 3 aromatic rings. The van der Waals surface area contributed by atoms with Crippen LogP contribution in [0.15, 0.2) is 48.0 Å². The zero-order valence-corrected chi connectivity index (χ0v) is 19.2. The lowest BCUT2D eigenvalue weighted by molar-refractivity contribution is -0.281. The first kappa shape index (κ1) is 24.2. The van der Waals surface area contributed by atoms with Gasteiger partial charge in [0.05, 0.1) is 34.8 Å². The molecule has 1 aliphatic rings. The molecule has 0 bridgehead atoms. The lowest BCUT2D eigenvalue weighted by atomic mass is 10.00. The van der Waals surface area contributed by atoms with Crippen LogP contribution in [0.1, 0.15) is 29.8 Å². The maximum atomic E-state index is 13.2. The highest BCUT2D eigenvalue weighted by atomic mass is 16.7. The van der Waals surface area contributed by atoms with E-state index in [-0.39, 0.29) is 12.2 Å². The van der Waals surface area contributed by atoms with E-state index < -0.39 is 36.7 Å². The van der Waals surface area contributed by atoms with Crippen molar-refractivity contribution in [3.8, 4) is 0 Å². The van der Waals surface area contributed by atoms with Crippen LogP contribution in [0, 0.1) is 0 Å². The molecule has 2 aromatic carbocycles. The molecular weight excluding hydrogens is 440 g/mol. The average molecular weight is 469 g/mol. The van der Waals surface area contributed by atoms with Crippen LogP contribution >= 0.6 is 0 Å². The van der Waals surface area contributed by atoms with Crippen molar-refractivity contribution >= 4 is 28.0 Å². The minimum absolute atomic E-state index is 0.0224. The van der Waals surface area contributed by atoms with Crippen LogP contribution in [-0.4, -0.2) is 75.7 Å². The van der Waals surface area contributed by atoms with Crippen molar-refractivity contribution in [2.24, 2.45) is 0 Å². The van der Waals surface area contributed by atoms with E-state index in [0.29, 0.717) is 28.5 Å². The fourth-order valence-electron chi connectivity index (χ4n) is 3.97. The summed E-state index contributed by atoms with van der Waals surface area (Å²) in [7, 11) is 1.34. The number of carbonyl (C=O) groups is 1. The van der Waals surface area contributed by atoms with Gasteiger partial charge < -0.3 is 29.5 Å². The second-order valence-corrected chi connectivity index (χ2v) is 8.39. The number of hydrogen-bond donors (Lipinski definition) is 3. The minimum atomic E-state index is -1.28. The summed E-state index contributed by atoms with van der Waals surface area (Å²) >= 11 is 0. The molecule has 0 radical (unpaired) electrons. The molecule has 3 N–H and O–H groups in total. The van der Waals surface area contributed by atoms with Gasteiger partial charge in [0.15, 0.2) is 0 Å². The molecule has 0 spiro atoms. The van der Waals surface area contributed by atoms with E-state index in [9.17, 15) is 20.1 Å². The maximum absolute atomic E-state index is 13.2. The van der Waals surface area contributed by atoms with Gasteiger partial charge in [0.25, 0.3) is 0 Å². The Hall–Kier alpha value is -2.95. The lowest BCUT2D eigenvalue weighted by Gasteiger charge is -2.40. The van der Waals surface area contributed by atoms with Crippen molar-refractivity contribution in [1.29, 1.82) is 0 Å². The van der Waals surface area contributed by atoms with Crippen molar-refractivity contribution in [3.05, 3.63) is 59.2 Å². The Bertz CT molecular complexity index is 1230. The van der Waals surface area contributed by atoms with Gasteiger partial charge in [-0.05, 0) is 44.0 Å². The summed E-state index contributed by atoms with van der Waals surface area (Å²) in [6, 6.07) is 10.7.